The zero-order chi connectivity index (χ0) is 18.7. The van der Waals surface area contributed by atoms with E-state index in [2.05, 4.69) is 10.0 Å². The Balaban J connectivity index is 1.78. The van der Waals surface area contributed by atoms with Gasteiger partial charge in [0.1, 0.15) is 10.6 Å². The van der Waals surface area contributed by atoms with Crippen molar-refractivity contribution in [1.29, 1.82) is 0 Å². The van der Waals surface area contributed by atoms with E-state index in [-0.39, 0.29) is 21.5 Å². The van der Waals surface area contributed by atoms with Gasteiger partial charge in [0.2, 0.25) is 10.0 Å². The van der Waals surface area contributed by atoms with Crippen molar-refractivity contribution in [2.24, 2.45) is 0 Å². The number of hydrogen-bond acceptors (Lipinski definition) is 4. The van der Waals surface area contributed by atoms with Gasteiger partial charge in [-0.3, -0.25) is 4.79 Å². The lowest BCUT2D eigenvalue weighted by Gasteiger charge is -2.10. The SMILES string of the molecule is CCOc1ccc(NC(=O)c2ccc(Cl)c(S(=O)(=O)NC3CC3)c2)cc1. The highest BCUT2D eigenvalue weighted by molar-refractivity contribution is 7.89. The molecule has 0 aliphatic heterocycles. The molecule has 6 nitrogen and oxygen atoms in total. The summed E-state index contributed by atoms with van der Waals surface area (Å²) >= 11 is 6.03. The summed E-state index contributed by atoms with van der Waals surface area (Å²) in [5, 5.41) is 2.81. The Morgan fingerprint density at radius 2 is 1.88 bits per heavy atom. The maximum Gasteiger partial charge on any atom is 0.255 e. The number of benzene rings is 2. The van der Waals surface area contributed by atoms with Crippen LogP contribution in [0.2, 0.25) is 5.02 Å². The number of sulfonamides is 1. The number of halogens is 1. The smallest absolute Gasteiger partial charge is 0.255 e. The van der Waals surface area contributed by atoms with Crippen LogP contribution in [0.1, 0.15) is 30.1 Å². The lowest BCUT2D eigenvalue weighted by Crippen LogP contribution is -2.26. The Labute approximate surface area is 157 Å². The fraction of sp³-hybridized carbons (Fsp3) is 0.278. The van der Waals surface area contributed by atoms with E-state index in [1.807, 2.05) is 6.92 Å². The van der Waals surface area contributed by atoms with Gasteiger partial charge in [-0.05, 0) is 62.2 Å². The Morgan fingerprint density at radius 3 is 2.50 bits per heavy atom. The van der Waals surface area contributed by atoms with Crippen LogP contribution in [0.15, 0.2) is 47.4 Å². The van der Waals surface area contributed by atoms with Crippen molar-refractivity contribution >= 4 is 33.2 Å². The van der Waals surface area contributed by atoms with E-state index in [0.717, 1.165) is 12.8 Å². The highest BCUT2D eigenvalue weighted by atomic mass is 35.5. The average Bonchev–Trinajstić information content (AvgIpc) is 3.40. The van der Waals surface area contributed by atoms with Crippen LogP contribution >= 0.6 is 11.6 Å². The van der Waals surface area contributed by atoms with Crippen LogP contribution in [0.25, 0.3) is 0 Å². The lowest BCUT2D eigenvalue weighted by molar-refractivity contribution is 0.102. The number of carbonyl (C=O) groups excluding carboxylic acids is 1. The Kier molecular flexibility index (Phi) is 5.50. The van der Waals surface area contributed by atoms with E-state index in [4.69, 9.17) is 16.3 Å². The van der Waals surface area contributed by atoms with E-state index in [0.29, 0.717) is 18.0 Å². The molecule has 2 N–H and O–H groups in total. The topological polar surface area (TPSA) is 84.5 Å². The van der Waals surface area contributed by atoms with E-state index >= 15 is 0 Å². The fourth-order valence-corrected chi connectivity index (χ4v) is 4.17. The third-order valence-electron chi connectivity index (χ3n) is 3.81. The zero-order valence-electron chi connectivity index (χ0n) is 14.2. The average molecular weight is 395 g/mol. The molecule has 0 unspecified atom stereocenters. The van der Waals surface area contributed by atoms with Crippen LogP contribution in [-0.4, -0.2) is 27.0 Å². The molecule has 0 aromatic heterocycles. The van der Waals surface area contributed by atoms with Gasteiger partial charge in [-0.1, -0.05) is 11.6 Å². The fourth-order valence-electron chi connectivity index (χ4n) is 2.34. The summed E-state index contributed by atoms with van der Waals surface area (Å²) in [6.07, 6.45) is 1.63. The van der Waals surface area contributed by atoms with Gasteiger partial charge < -0.3 is 10.1 Å². The predicted molar refractivity (Wildman–Crippen MR) is 100 cm³/mol. The standard InChI is InChI=1S/C18H19ClN2O4S/c1-2-25-15-8-6-13(7-9-15)20-18(22)12-3-10-16(19)17(11-12)26(23,24)21-14-4-5-14/h3,6-11,14,21H,2,4-5H2,1H3,(H,20,22). The van der Waals surface area contributed by atoms with Gasteiger partial charge in [0, 0.05) is 17.3 Å². The van der Waals surface area contributed by atoms with Crippen LogP contribution in [0.5, 0.6) is 5.75 Å². The van der Waals surface area contributed by atoms with Crippen LogP contribution in [0.4, 0.5) is 5.69 Å². The molecule has 0 saturated heterocycles. The molecule has 3 rings (SSSR count). The Hall–Kier alpha value is -2.09. The quantitative estimate of drug-likeness (QED) is 0.753. The van der Waals surface area contributed by atoms with Crippen molar-refractivity contribution in [3.05, 3.63) is 53.1 Å². The molecule has 1 aliphatic carbocycles. The van der Waals surface area contributed by atoms with Crippen molar-refractivity contribution in [2.75, 3.05) is 11.9 Å². The molecule has 2 aromatic rings. The number of nitrogens with one attached hydrogen (secondary N) is 2. The van der Waals surface area contributed by atoms with Crippen LogP contribution < -0.4 is 14.8 Å². The molecule has 0 bridgehead atoms. The Morgan fingerprint density at radius 1 is 1.19 bits per heavy atom. The number of ether oxygens (including phenoxy) is 1. The molecule has 1 fully saturated rings. The van der Waals surface area contributed by atoms with E-state index < -0.39 is 15.9 Å². The summed E-state index contributed by atoms with van der Waals surface area (Å²) in [4.78, 5) is 12.4. The molecule has 0 heterocycles. The first-order chi connectivity index (χ1) is 12.4. The molecular weight excluding hydrogens is 376 g/mol. The minimum Gasteiger partial charge on any atom is -0.494 e. The van der Waals surface area contributed by atoms with Crippen molar-refractivity contribution in [2.45, 2.75) is 30.7 Å². The first-order valence-electron chi connectivity index (χ1n) is 8.25. The maximum absolute atomic E-state index is 12.4. The van der Waals surface area contributed by atoms with E-state index in [9.17, 15) is 13.2 Å². The molecule has 0 radical (unpaired) electrons. The van der Waals surface area contributed by atoms with Gasteiger partial charge in [-0.25, -0.2) is 13.1 Å². The van der Waals surface area contributed by atoms with Crippen LogP contribution in [0, 0.1) is 0 Å². The lowest BCUT2D eigenvalue weighted by atomic mass is 10.2. The highest BCUT2D eigenvalue weighted by Crippen LogP contribution is 2.27. The third kappa shape index (κ3) is 4.55. The summed E-state index contributed by atoms with van der Waals surface area (Å²) in [6, 6.07) is 11.1. The highest BCUT2D eigenvalue weighted by Gasteiger charge is 2.29. The van der Waals surface area contributed by atoms with Gasteiger partial charge >= 0.3 is 0 Å². The number of amides is 1. The molecule has 1 aliphatic rings. The molecule has 138 valence electrons. The van der Waals surface area contributed by atoms with Crippen LogP contribution in [0.3, 0.4) is 0 Å². The number of rotatable bonds is 7. The van der Waals surface area contributed by atoms with Gasteiger partial charge in [-0.2, -0.15) is 0 Å². The molecule has 1 saturated carbocycles. The second-order valence-corrected chi connectivity index (χ2v) is 8.04. The molecule has 1 amide bonds. The second kappa shape index (κ2) is 7.65. The zero-order valence-corrected chi connectivity index (χ0v) is 15.7. The number of anilines is 1. The predicted octanol–water partition coefficient (Wildman–Crippen LogP) is 3.43. The van der Waals surface area contributed by atoms with Crippen molar-refractivity contribution in [1.82, 2.24) is 4.72 Å². The summed E-state index contributed by atoms with van der Waals surface area (Å²) < 4.78 is 32.7. The molecule has 0 spiro atoms. The molecular formula is C18H19ClN2O4S. The second-order valence-electron chi connectivity index (χ2n) is 5.95. The minimum atomic E-state index is -3.75. The minimum absolute atomic E-state index is 0.0441. The van der Waals surface area contributed by atoms with Gasteiger partial charge in [0.05, 0.1) is 11.6 Å². The van der Waals surface area contributed by atoms with Crippen molar-refractivity contribution in [3.8, 4) is 5.75 Å². The molecule has 8 heteroatoms. The summed E-state index contributed by atoms with van der Waals surface area (Å²) in [7, 11) is -3.75. The summed E-state index contributed by atoms with van der Waals surface area (Å²) in [6.45, 7) is 2.45. The van der Waals surface area contributed by atoms with E-state index in [1.165, 1.54) is 18.2 Å². The monoisotopic (exact) mass is 394 g/mol. The number of hydrogen-bond donors (Lipinski definition) is 2. The molecule has 0 atom stereocenters. The molecule has 26 heavy (non-hydrogen) atoms. The third-order valence-corrected chi connectivity index (χ3v) is 5.81. The van der Waals surface area contributed by atoms with Crippen molar-refractivity contribution < 1.29 is 17.9 Å². The molecule has 2 aromatic carbocycles. The first kappa shape index (κ1) is 18.7. The van der Waals surface area contributed by atoms with E-state index in [1.54, 1.807) is 24.3 Å². The normalized spacial score (nSPS) is 14.1. The van der Waals surface area contributed by atoms with Crippen LogP contribution in [-0.2, 0) is 10.0 Å². The number of carbonyl (C=O) groups is 1. The first-order valence-corrected chi connectivity index (χ1v) is 10.1. The van der Waals surface area contributed by atoms with Crippen molar-refractivity contribution in [3.63, 3.8) is 0 Å². The Bertz CT molecular complexity index is 909. The van der Waals surface area contributed by atoms with Gasteiger partial charge in [0.25, 0.3) is 5.91 Å². The summed E-state index contributed by atoms with van der Waals surface area (Å²) in [5.41, 5.74) is 0.786. The largest absolute Gasteiger partial charge is 0.494 e. The maximum atomic E-state index is 12.4. The van der Waals surface area contributed by atoms with Gasteiger partial charge in [-0.15, -0.1) is 0 Å². The van der Waals surface area contributed by atoms with Gasteiger partial charge in [0.15, 0.2) is 0 Å². The summed E-state index contributed by atoms with van der Waals surface area (Å²) in [5.74, 6) is 0.283.